The van der Waals surface area contributed by atoms with Crippen LogP contribution in [0, 0.1) is 5.92 Å². The fourth-order valence-electron chi connectivity index (χ4n) is 3.93. The summed E-state index contributed by atoms with van der Waals surface area (Å²) in [7, 11) is 0. The zero-order chi connectivity index (χ0) is 16.1. The summed E-state index contributed by atoms with van der Waals surface area (Å²) in [5, 5.41) is 9.78. The molecule has 0 aromatic heterocycles. The highest BCUT2D eigenvalue weighted by Gasteiger charge is 2.34. The van der Waals surface area contributed by atoms with Gasteiger partial charge in [-0.1, -0.05) is 67.1 Å². The minimum atomic E-state index is 0.303. The zero-order valence-electron chi connectivity index (χ0n) is 13.9. The van der Waals surface area contributed by atoms with Crippen molar-refractivity contribution >= 4 is 0 Å². The minimum absolute atomic E-state index is 0.303. The van der Waals surface area contributed by atoms with Crippen molar-refractivity contribution in [1.82, 2.24) is 4.90 Å². The van der Waals surface area contributed by atoms with E-state index in [9.17, 15) is 5.11 Å². The molecule has 2 nitrogen and oxygen atoms in total. The third-order valence-electron chi connectivity index (χ3n) is 5.27. The second-order valence-electron chi connectivity index (χ2n) is 6.69. The first-order valence-corrected chi connectivity index (χ1v) is 8.75. The van der Waals surface area contributed by atoms with Crippen LogP contribution >= 0.6 is 0 Å². The molecule has 122 valence electrons. The van der Waals surface area contributed by atoms with Crippen LogP contribution in [-0.4, -0.2) is 22.7 Å². The Balaban J connectivity index is 1.86. The highest BCUT2D eigenvalue weighted by molar-refractivity contribution is 5.20. The highest BCUT2D eigenvalue weighted by atomic mass is 16.3. The molecule has 23 heavy (non-hydrogen) atoms. The maximum absolute atomic E-state index is 9.78. The Kier molecular flexibility index (Phi) is 5.47. The molecule has 0 unspecified atom stereocenters. The molecular weight excluding hydrogens is 282 g/mol. The average molecular weight is 309 g/mol. The van der Waals surface area contributed by atoms with E-state index in [1.165, 1.54) is 24.0 Å². The number of hydrogen-bond donors (Lipinski definition) is 1. The molecule has 0 heterocycles. The summed E-state index contributed by atoms with van der Waals surface area (Å²) in [4.78, 5) is 2.60. The van der Waals surface area contributed by atoms with Crippen molar-refractivity contribution in [3.05, 3.63) is 71.8 Å². The summed E-state index contributed by atoms with van der Waals surface area (Å²) in [6.07, 6.45) is 3.56. The lowest BCUT2D eigenvalue weighted by molar-refractivity contribution is 0.0778. The average Bonchev–Trinajstić information content (AvgIpc) is 3.09. The number of nitrogens with zero attached hydrogens (tertiary/aromatic N) is 1. The van der Waals surface area contributed by atoms with Crippen molar-refractivity contribution in [3.63, 3.8) is 0 Å². The van der Waals surface area contributed by atoms with Gasteiger partial charge in [0.05, 0.1) is 0 Å². The fourth-order valence-corrected chi connectivity index (χ4v) is 3.93. The summed E-state index contributed by atoms with van der Waals surface area (Å²) >= 11 is 0. The van der Waals surface area contributed by atoms with Crippen molar-refractivity contribution in [3.8, 4) is 0 Å². The molecule has 3 rings (SSSR count). The molecule has 1 fully saturated rings. The van der Waals surface area contributed by atoms with Gasteiger partial charge in [0.1, 0.15) is 0 Å². The number of hydrogen-bond acceptors (Lipinski definition) is 2. The molecule has 1 aliphatic rings. The van der Waals surface area contributed by atoms with Gasteiger partial charge in [0.15, 0.2) is 0 Å². The SMILES string of the molecule is C[C@H](c1ccccc1)N(Cc1ccccc1)[C@@H]1CCC[C@@H]1CO. The van der Waals surface area contributed by atoms with Gasteiger partial charge in [-0.05, 0) is 36.8 Å². The molecule has 0 bridgehead atoms. The number of rotatable bonds is 6. The second kappa shape index (κ2) is 7.76. The van der Waals surface area contributed by atoms with Crippen LogP contribution in [0.4, 0.5) is 0 Å². The molecule has 1 N–H and O–H groups in total. The van der Waals surface area contributed by atoms with Gasteiger partial charge in [-0.2, -0.15) is 0 Å². The summed E-state index contributed by atoms with van der Waals surface area (Å²) in [5.41, 5.74) is 2.70. The molecular formula is C21H27NO. The Morgan fingerprint density at radius 1 is 1.00 bits per heavy atom. The Bertz CT molecular complexity index is 583. The van der Waals surface area contributed by atoms with Crippen molar-refractivity contribution in [1.29, 1.82) is 0 Å². The number of aliphatic hydroxyl groups is 1. The van der Waals surface area contributed by atoms with Crippen LogP contribution in [0.15, 0.2) is 60.7 Å². The molecule has 0 amide bonds. The van der Waals surface area contributed by atoms with Crippen molar-refractivity contribution < 1.29 is 5.11 Å². The van der Waals surface area contributed by atoms with E-state index in [4.69, 9.17) is 0 Å². The van der Waals surface area contributed by atoms with E-state index < -0.39 is 0 Å². The first-order valence-electron chi connectivity index (χ1n) is 8.75. The van der Waals surface area contributed by atoms with E-state index in [0.29, 0.717) is 24.6 Å². The van der Waals surface area contributed by atoms with Crippen LogP contribution in [0.2, 0.25) is 0 Å². The molecule has 2 aromatic rings. The van der Waals surface area contributed by atoms with Crippen molar-refractivity contribution in [2.45, 2.75) is 44.8 Å². The fraction of sp³-hybridized carbons (Fsp3) is 0.429. The predicted octanol–water partition coefficient (Wildman–Crippen LogP) is 4.41. The number of aliphatic hydroxyl groups excluding tert-OH is 1. The highest BCUT2D eigenvalue weighted by Crippen LogP contribution is 2.36. The maximum Gasteiger partial charge on any atom is 0.0474 e. The van der Waals surface area contributed by atoms with Crippen molar-refractivity contribution in [2.24, 2.45) is 5.92 Å². The Labute approximate surface area is 139 Å². The maximum atomic E-state index is 9.78. The molecule has 2 heteroatoms. The van der Waals surface area contributed by atoms with E-state index in [1.807, 2.05) is 0 Å². The van der Waals surface area contributed by atoms with Gasteiger partial charge >= 0.3 is 0 Å². The van der Waals surface area contributed by atoms with Crippen LogP contribution in [0.25, 0.3) is 0 Å². The third kappa shape index (κ3) is 3.82. The van der Waals surface area contributed by atoms with Crippen LogP contribution < -0.4 is 0 Å². The van der Waals surface area contributed by atoms with Gasteiger partial charge in [0.25, 0.3) is 0 Å². The van der Waals surface area contributed by atoms with Crippen LogP contribution in [0.1, 0.15) is 43.4 Å². The lowest BCUT2D eigenvalue weighted by Crippen LogP contribution is -2.40. The van der Waals surface area contributed by atoms with Crippen LogP contribution in [-0.2, 0) is 6.54 Å². The second-order valence-corrected chi connectivity index (χ2v) is 6.69. The largest absolute Gasteiger partial charge is 0.396 e. The van der Waals surface area contributed by atoms with E-state index in [1.54, 1.807) is 0 Å². The molecule has 0 aliphatic heterocycles. The molecule has 0 radical (unpaired) electrons. The molecule has 0 spiro atoms. The van der Waals surface area contributed by atoms with Gasteiger partial charge in [-0.15, -0.1) is 0 Å². The first kappa shape index (κ1) is 16.2. The van der Waals surface area contributed by atoms with Gasteiger partial charge < -0.3 is 5.11 Å². The molecule has 1 saturated carbocycles. The topological polar surface area (TPSA) is 23.5 Å². The monoisotopic (exact) mass is 309 g/mol. The lowest BCUT2D eigenvalue weighted by Gasteiger charge is -2.37. The summed E-state index contributed by atoms with van der Waals surface area (Å²) in [6.45, 7) is 3.54. The standard InChI is InChI=1S/C21H27NO/c1-17(19-11-6-3-7-12-19)22(15-18-9-4-2-5-10-18)21-14-8-13-20(21)16-23/h2-7,9-12,17,20-21,23H,8,13-16H2,1H3/t17-,20-,21-/m1/s1. The Morgan fingerprint density at radius 3 is 2.30 bits per heavy atom. The summed E-state index contributed by atoms with van der Waals surface area (Å²) in [6, 6.07) is 22.2. The first-order chi connectivity index (χ1) is 11.3. The van der Waals surface area contributed by atoms with E-state index in [-0.39, 0.29) is 0 Å². The van der Waals surface area contributed by atoms with Crippen LogP contribution in [0.3, 0.4) is 0 Å². The van der Waals surface area contributed by atoms with E-state index in [2.05, 4.69) is 72.5 Å². The van der Waals surface area contributed by atoms with E-state index in [0.717, 1.165) is 13.0 Å². The molecule has 0 saturated heterocycles. The van der Waals surface area contributed by atoms with Crippen LogP contribution in [0.5, 0.6) is 0 Å². The molecule has 1 aliphatic carbocycles. The van der Waals surface area contributed by atoms with E-state index >= 15 is 0 Å². The van der Waals surface area contributed by atoms with Gasteiger partial charge in [-0.25, -0.2) is 0 Å². The van der Waals surface area contributed by atoms with Crippen molar-refractivity contribution in [2.75, 3.05) is 6.61 Å². The summed E-state index contributed by atoms with van der Waals surface area (Å²) in [5.74, 6) is 0.407. The molecule has 2 aromatic carbocycles. The van der Waals surface area contributed by atoms with Gasteiger partial charge in [0.2, 0.25) is 0 Å². The third-order valence-corrected chi connectivity index (χ3v) is 5.27. The lowest BCUT2D eigenvalue weighted by atomic mass is 9.97. The predicted molar refractivity (Wildman–Crippen MR) is 95.1 cm³/mol. The molecule has 3 atom stereocenters. The van der Waals surface area contributed by atoms with Gasteiger partial charge in [0, 0.05) is 25.2 Å². The zero-order valence-corrected chi connectivity index (χ0v) is 13.9. The summed E-state index contributed by atoms with van der Waals surface area (Å²) < 4.78 is 0. The Morgan fingerprint density at radius 2 is 1.65 bits per heavy atom. The Hall–Kier alpha value is -1.64. The minimum Gasteiger partial charge on any atom is -0.396 e. The quantitative estimate of drug-likeness (QED) is 0.854. The normalized spacial score (nSPS) is 22.4. The van der Waals surface area contributed by atoms with Gasteiger partial charge in [-0.3, -0.25) is 4.90 Å². The number of benzene rings is 2. The smallest absolute Gasteiger partial charge is 0.0474 e.